The summed E-state index contributed by atoms with van der Waals surface area (Å²) in [6, 6.07) is 6.04. The summed E-state index contributed by atoms with van der Waals surface area (Å²) in [5.41, 5.74) is 0.462. The second-order valence-corrected chi connectivity index (χ2v) is 7.16. The number of carbonyl (C=O) groups excluding carboxylic acids is 3. The first kappa shape index (κ1) is 22.7. The van der Waals surface area contributed by atoms with E-state index in [9.17, 15) is 14.4 Å². The number of carbonyl (C=O) groups is 3. The molecule has 7 heteroatoms. The molecule has 7 nitrogen and oxygen atoms in total. The van der Waals surface area contributed by atoms with Crippen LogP contribution < -0.4 is 10.1 Å². The van der Waals surface area contributed by atoms with E-state index >= 15 is 0 Å². The lowest BCUT2D eigenvalue weighted by atomic mass is 10.1. The Morgan fingerprint density at radius 2 is 1.79 bits per heavy atom. The van der Waals surface area contributed by atoms with Crippen LogP contribution in [0.1, 0.15) is 62.7 Å². The maximum atomic E-state index is 13.0. The summed E-state index contributed by atoms with van der Waals surface area (Å²) in [6.45, 7) is 5.86. The number of hydrogen-bond donors (Lipinski definition) is 1. The van der Waals surface area contributed by atoms with Crippen LogP contribution in [0.25, 0.3) is 0 Å². The number of unbranched alkanes of at least 4 members (excludes halogenated alkanes) is 3. The van der Waals surface area contributed by atoms with E-state index in [0.717, 1.165) is 32.1 Å². The first-order chi connectivity index (χ1) is 14.1. The Labute approximate surface area is 172 Å². The molecule has 0 bridgehead atoms. The van der Waals surface area contributed by atoms with Gasteiger partial charge in [-0.3, -0.25) is 14.4 Å². The number of ether oxygens (including phenoxy) is 2. The molecule has 0 spiro atoms. The van der Waals surface area contributed by atoms with Gasteiger partial charge in [-0.2, -0.15) is 0 Å². The van der Waals surface area contributed by atoms with E-state index in [2.05, 4.69) is 19.2 Å². The number of rotatable bonds is 11. The molecule has 1 atom stereocenters. The summed E-state index contributed by atoms with van der Waals surface area (Å²) in [6.07, 6.45) is 4.71. The van der Waals surface area contributed by atoms with Crippen molar-refractivity contribution in [2.75, 3.05) is 26.3 Å². The Balaban J connectivity index is 1.98. The Morgan fingerprint density at radius 1 is 1.07 bits per heavy atom. The number of amides is 2. The van der Waals surface area contributed by atoms with Crippen LogP contribution in [0, 0.1) is 0 Å². The predicted octanol–water partition coefficient (Wildman–Crippen LogP) is 2.93. The molecule has 1 fully saturated rings. The van der Waals surface area contributed by atoms with E-state index in [4.69, 9.17) is 9.47 Å². The molecule has 0 saturated carbocycles. The van der Waals surface area contributed by atoms with E-state index in [1.165, 1.54) is 4.90 Å². The molecule has 0 aromatic heterocycles. The highest BCUT2D eigenvalue weighted by molar-refractivity contribution is 5.99. The van der Waals surface area contributed by atoms with Crippen molar-refractivity contribution in [3.05, 3.63) is 29.8 Å². The molecule has 0 radical (unpaired) electrons. The molecule has 1 heterocycles. The molecule has 29 heavy (non-hydrogen) atoms. The third kappa shape index (κ3) is 7.07. The smallest absolute Gasteiger partial charge is 0.308 e. The minimum Gasteiger partial charge on any atom is -0.494 e. The van der Waals surface area contributed by atoms with Crippen molar-refractivity contribution in [1.29, 1.82) is 0 Å². The molecule has 2 amide bonds. The number of benzene rings is 1. The zero-order valence-electron chi connectivity index (χ0n) is 17.4. The predicted molar refractivity (Wildman–Crippen MR) is 110 cm³/mol. The molecule has 1 N–H and O–H groups in total. The fourth-order valence-electron chi connectivity index (χ4n) is 3.11. The van der Waals surface area contributed by atoms with Crippen molar-refractivity contribution in [3.63, 3.8) is 0 Å². The quantitative estimate of drug-likeness (QED) is 0.453. The normalized spacial score (nSPS) is 16.3. The molecule has 1 unspecified atom stereocenters. The first-order valence-electron chi connectivity index (χ1n) is 10.5. The summed E-state index contributed by atoms with van der Waals surface area (Å²) in [5, 5.41) is 2.73. The van der Waals surface area contributed by atoms with E-state index in [1.807, 2.05) is 0 Å². The Morgan fingerprint density at radius 3 is 2.48 bits per heavy atom. The third-order valence-electron chi connectivity index (χ3n) is 4.83. The lowest BCUT2D eigenvalue weighted by molar-refractivity contribution is -0.147. The van der Waals surface area contributed by atoms with Crippen LogP contribution in [0.2, 0.25) is 0 Å². The Bertz CT molecular complexity index is 674. The van der Waals surface area contributed by atoms with Gasteiger partial charge in [-0.05, 0) is 37.1 Å². The second kappa shape index (κ2) is 12.1. The van der Waals surface area contributed by atoms with E-state index < -0.39 is 12.0 Å². The topological polar surface area (TPSA) is 84.9 Å². The van der Waals surface area contributed by atoms with Crippen molar-refractivity contribution in [1.82, 2.24) is 10.2 Å². The highest BCUT2D eigenvalue weighted by Gasteiger charge is 2.35. The van der Waals surface area contributed by atoms with Gasteiger partial charge in [0.2, 0.25) is 5.91 Å². The summed E-state index contributed by atoms with van der Waals surface area (Å²) >= 11 is 0. The minimum absolute atomic E-state index is 0.137. The van der Waals surface area contributed by atoms with Gasteiger partial charge in [0, 0.05) is 18.7 Å². The first-order valence-corrected chi connectivity index (χ1v) is 10.5. The highest BCUT2D eigenvalue weighted by Crippen LogP contribution is 2.18. The average Bonchev–Trinajstić information content (AvgIpc) is 2.73. The van der Waals surface area contributed by atoms with E-state index in [-0.39, 0.29) is 18.2 Å². The van der Waals surface area contributed by atoms with Gasteiger partial charge in [0.05, 0.1) is 19.6 Å². The van der Waals surface area contributed by atoms with Crippen LogP contribution in [-0.4, -0.2) is 55.0 Å². The SMILES string of the molecule is CCCCCOC(=O)CC1C(=O)NCCN1C(=O)c1ccc(OCCCC)cc1. The summed E-state index contributed by atoms with van der Waals surface area (Å²) in [5.74, 6) is -0.349. The Hall–Kier alpha value is -2.57. The molecule has 160 valence electrons. The fourth-order valence-corrected chi connectivity index (χ4v) is 3.11. The molecule has 1 aromatic rings. The molecular formula is C22H32N2O5. The van der Waals surface area contributed by atoms with Crippen LogP contribution >= 0.6 is 0 Å². The van der Waals surface area contributed by atoms with Crippen molar-refractivity contribution < 1.29 is 23.9 Å². The van der Waals surface area contributed by atoms with E-state index in [1.54, 1.807) is 24.3 Å². The monoisotopic (exact) mass is 404 g/mol. The molecule has 1 aliphatic heterocycles. The largest absolute Gasteiger partial charge is 0.494 e. The van der Waals surface area contributed by atoms with Crippen LogP contribution in [0.3, 0.4) is 0 Å². The van der Waals surface area contributed by atoms with Gasteiger partial charge in [0.25, 0.3) is 5.91 Å². The lowest BCUT2D eigenvalue weighted by Crippen LogP contribution is -2.57. The molecule has 1 aromatic carbocycles. The number of nitrogens with one attached hydrogen (secondary N) is 1. The van der Waals surface area contributed by atoms with Crippen LogP contribution in [0.4, 0.5) is 0 Å². The number of esters is 1. The fraction of sp³-hybridized carbons (Fsp3) is 0.591. The molecule has 0 aliphatic carbocycles. The van der Waals surface area contributed by atoms with Crippen LogP contribution in [0.5, 0.6) is 5.75 Å². The van der Waals surface area contributed by atoms with Crippen LogP contribution in [0.15, 0.2) is 24.3 Å². The molecule has 1 saturated heterocycles. The zero-order valence-corrected chi connectivity index (χ0v) is 17.4. The number of nitrogens with zero attached hydrogens (tertiary/aromatic N) is 1. The third-order valence-corrected chi connectivity index (χ3v) is 4.83. The standard InChI is InChI=1S/C22H32N2O5/c1-3-5-7-15-29-20(25)16-19-21(26)23-12-13-24(19)22(27)17-8-10-18(11-9-17)28-14-6-4-2/h8-11,19H,3-7,12-16H2,1-2H3,(H,23,26). The zero-order chi connectivity index (χ0) is 21.1. The van der Waals surface area contributed by atoms with Gasteiger partial charge in [-0.25, -0.2) is 0 Å². The van der Waals surface area contributed by atoms with Gasteiger partial charge in [-0.15, -0.1) is 0 Å². The van der Waals surface area contributed by atoms with Crippen LogP contribution in [-0.2, 0) is 14.3 Å². The van der Waals surface area contributed by atoms with E-state index in [0.29, 0.717) is 37.6 Å². The van der Waals surface area contributed by atoms with Gasteiger partial charge < -0.3 is 19.7 Å². The lowest BCUT2D eigenvalue weighted by Gasteiger charge is -2.34. The minimum atomic E-state index is -0.851. The van der Waals surface area contributed by atoms with Gasteiger partial charge in [-0.1, -0.05) is 33.1 Å². The van der Waals surface area contributed by atoms with Crippen molar-refractivity contribution in [2.24, 2.45) is 0 Å². The van der Waals surface area contributed by atoms with Crippen molar-refractivity contribution in [2.45, 2.75) is 58.4 Å². The average molecular weight is 405 g/mol. The molecule has 2 rings (SSSR count). The molecular weight excluding hydrogens is 372 g/mol. The second-order valence-electron chi connectivity index (χ2n) is 7.16. The summed E-state index contributed by atoms with van der Waals surface area (Å²) < 4.78 is 10.8. The number of piperazine rings is 1. The van der Waals surface area contributed by atoms with Crippen molar-refractivity contribution in [3.8, 4) is 5.75 Å². The maximum absolute atomic E-state index is 13.0. The highest BCUT2D eigenvalue weighted by atomic mass is 16.5. The van der Waals surface area contributed by atoms with Gasteiger partial charge in [0.15, 0.2) is 0 Å². The maximum Gasteiger partial charge on any atom is 0.308 e. The van der Waals surface area contributed by atoms with Crippen molar-refractivity contribution >= 4 is 17.8 Å². The van der Waals surface area contributed by atoms with Gasteiger partial charge in [0.1, 0.15) is 11.8 Å². The summed E-state index contributed by atoms with van der Waals surface area (Å²) in [7, 11) is 0. The summed E-state index contributed by atoms with van der Waals surface area (Å²) in [4.78, 5) is 38.9. The van der Waals surface area contributed by atoms with Gasteiger partial charge >= 0.3 is 5.97 Å². The number of hydrogen-bond acceptors (Lipinski definition) is 5. The molecule has 1 aliphatic rings. The Kier molecular flexibility index (Phi) is 9.47.